The summed E-state index contributed by atoms with van der Waals surface area (Å²) >= 11 is 0. The highest BCUT2D eigenvalue weighted by Gasteiger charge is 2.63. The van der Waals surface area contributed by atoms with E-state index in [4.69, 9.17) is 28.5 Å². The number of carbonyl (C=O) groups is 1. The van der Waals surface area contributed by atoms with Gasteiger partial charge in [-0.05, 0) is 75.3 Å². The lowest BCUT2D eigenvalue weighted by Crippen LogP contribution is -2.41. The molecule has 2 N–H and O–H groups in total. The summed E-state index contributed by atoms with van der Waals surface area (Å²) in [5, 5.41) is 6.39. The zero-order chi connectivity index (χ0) is 42.7. The topological polar surface area (TPSA) is 135 Å². The van der Waals surface area contributed by atoms with Crippen molar-refractivity contribution in [3.05, 3.63) is 114 Å². The highest BCUT2D eigenvalue weighted by Crippen LogP contribution is 2.54. The fourth-order valence-corrected chi connectivity index (χ4v) is 9.54. The van der Waals surface area contributed by atoms with Gasteiger partial charge in [-0.1, -0.05) is 86.1 Å². The van der Waals surface area contributed by atoms with Crippen LogP contribution in [-0.2, 0) is 28.9 Å². The van der Waals surface area contributed by atoms with Gasteiger partial charge in [0.05, 0.1) is 26.0 Å². The Morgan fingerprint density at radius 3 is 2.22 bits per heavy atom. The molecule has 2 aliphatic rings. The van der Waals surface area contributed by atoms with Gasteiger partial charge in [0.1, 0.15) is 41.4 Å². The van der Waals surface area contributed by atoms with E-state index in [9.17, 15) is 9.36 Å². The van der Waals surface area contributed by atoms with Gasteiger partial charge < -0.3 is 28.8 Å². The van der Waals surface area contributed by atoms with Crippen LogP contribution < -0.4 is 19.9 Å². The first-order valence-electron chi connectivity index (χ1n) is 20.5. The molecule has 7 rings (SSSR count). The van der Waals surface area contributed by atoms with Crippen molar-refractivity contribution in [1.29, 1.82) is 0 Å². The molecule has 6 atom stereocenters. The minimum atomic E-state index is -3.82. The minimum absolute atomic E-state index is 0.174. The number of rotatable bonds is 16. The predicted octanol–water partition coefficient (Wildman–Crippen LogP) is 9.49. The summed E-state index contributed by atoms with van der Waals surface area (Å²) in [6.07, 6.45) is 4.19. The number of esters is 1. The van der Waals surface area contributed by atoms with Crippen molar-refractivity contribution < 1.29 is 41.6 Å². The van der Waals surface area contributed by atoms with Gasteiger partial charge in [0.15, 0.2) is 23.3 Å². The maximum atomic E-state index is 17.1. The Labute approximate surface area is 349 Å². The van der Waals surface area contributed by atoms with Gasteiger partial charge >= 0.3 is 5.97 Å². The lowest BCUT2D eigenvalue weighted by molar-refractivity contribution is -0.187. The average molecular weight is 846 g/mol. The van der Waals surface area contributed by atoms with E-state index in [1.54, 1.807) is 13.2 Å². The van der Waals surface area contributed by atoms with Gasteiger partial charge in [0, 0.05) is 12.7 Å². The van der Waals surface area contributed by atoms with Gasteiger partial charge in [0.25, 0.3) is 7.52 Å². The maximum Gasteiger partial charge on any atom is 0.323 e. The summed E-state index contributed by atoms with van der Waals surface area (Å²) < 4.78 is 77.7. The number of nitrogens with one attached hydrogen (secondary N) is 2. The van der Waals surface area contributed by atoms with Crippen LogP contribution in [-0.4, -0.2) is 71.2 Å². The molecule has 60 heavy (non-hydrogen) atoms. The summed E-state index contributed by atoms with van der Waals surface area (Å²) in [5.41, 5.74) is -0.196. The number of aromatic nitrogens is 3. The zero-order valence-corrected chi connectivity index (χ0v) is 35.8. The molecule has 0 spiro atoms. The van der Waals surface area contributed by atoms with Gasteiger partial charge in [-0.3, -0.25) is 13.9 Å². The number of alkyl halides is 2. The van der Waals surface area contributed by atoms with Crippen LogP contribution in [0.3, 0.4) is 0 Å². The molecule has 0 bridgehead atoms. The SMILES string of the molecule is CCOc1cc(NC(c2ccccc2)(c2ccccc2)c2ccc(OC)cc2)nc2c1ncn2[C@@H]1O[C@](F)(COP(C)(=O)N[C@@H](C)C(=O)OC2CCCCC2)[C@@H](C)[C@@]1(C)F. The predicted molar refractivity (Wildman–Crippen MR) is 226 cm³/mol. The van der Waals surface area contributed by atoms with E-state index in [0.29, 0.717) is 22.8 Å². The van der Waals surface area contributed by atoms with Crippen molar-refractivity contribution in [2.45, 2.75) is 95.2 Å². The van der Waals surface area contributed by atoms with Crippen LogP contribution in [0.2, 0.25) is 0 Å². The van der Waals surface area contributed by atoms with Crippen molar-refractivity contribution in [2.75, 3.05) is 32.3 Å². The quantitative estimate of drug-likeness (QED) is 0.0559. The molecule has 1 unspecified atom stereocenters. The third-order valence-electron chi connectivity index (χ3n) is 11.7. The second kappa shape index (κ2) is 17.6. The molecule has 0 radical (unpaired) electrons. The highest BCUT2D eigenvalue weighted by atomic mass is 31.2. The number of methoxy groups -OCH3 is 1. The van der Waals surface area contributed by atoms with E-state index in [1.165, 1.54) is 38.3 Å². The number of nitrogens with zero attached hydrogens (tertiary/aromatic N) is 3. The van der Waals surface area contributed by atoms with Gasteiger partial charge in [-0.25, -0.2) is 23.8 Å². The molecule has 3 aromatic carbocycles. The Hall–Kier alpha value is -4.88. The standard InChI is InChI=1S/C45H54F2N5O7P/c1-7-56-37-27-38(50-45(32-17-11-8-12-18-32,33-19-13-9-14-20-33)34-23-25-35(55-5)26-24-34)49-40-39(37)48-29-52(40)42-43(4,46)31(3)44(47,59-42)28-57-60(6,54)51-30(2)41(53)58-36-21-15-10-16-22-36/h8-9,11-14,17-20,23-27,29-31,36,42H,7,10,15-16,21-22,28H2,1-6H3,(H,49,50)(H,51,54)/t30-,31-,42+,43+,44+,60?/m0/s1. The summed E-state index contributed by atoms with van der Waals surface area (Å²) in [5.74, 6) is -3.32. The van der Waals surface area contributed by atoms with Gasteiger partial charge in [-0.2, -0.15) is 0 Å². The number of pyridine rings is 1. The van der Waals surface area contributed by atoms with E-state index < -0.39 is 55.3 Å². The highest BCUT2D eigenvalue weighted by molar-refractivity contribution is 7.56. The summed E-state index contributed by atoms with van der Waals surface area (Å²) in [6.45, 7) is 6.61. The monoisotopic (exact) mass is 845 g/mol. The third kappa shape index (κ3) is 8.66. The van der Waals surface area contributed by atoms with E-state index in [-0.39, 0.29) is 18.4 Å². The fourth-order valence-electron chi connectivity index (χ4n) is 8.23. The number of anilines is 1. The van der Waals surface area contributed by atoms with Crippen molar-refractivity contribution in [1.82, 2.24) is 19.6 Å². The Morgan fingerprint density at radius 1 is 1.00 bits per heavy atom. The Morgan fingerprint density at radius 2 is 1.62 bits per heavy atom. The number of hydrogen-bond acceptors (Lipinski definition) is 10. The fraction of sp³-hybridized carbons (Fsp3) is 0.444. The van der Waals surface area contributed by atoms with E-state index >= 15 is 8.78 Å². The van der Waals surface area contributed by atoms with Crippen LogP contribution in [0.15, 0.2) is 97.3 Å². The molecule has 2 aromatic heterocycles. The number of fused-ring (bicyclic) bond motifs is 1. The lowest BCUT2D eigenvalue weighted by atomic mass is 9.77. The summed E-state index contributed by atoms with van der Waals surface area (Å²) in [7, 11) is -2.20. The van der Waals surface area contributed by atoms with Crippen LogP contribution in [0.1, 0.15) is 82.7 Å². The second-order valence-corrected chi connectivity index (χ2v) is 18.1. The normalized spacial score (nSPS) is 23.8. The number of benzene rings is 3. The molecule has 3 heterocycles. The van der Waals surface area contributed by atoms with Crippen molar-refractivity contribution in [3.63, 3.8) is 0 Å². The maximum absolute atomic E-state index is 17.1. The number of halogens is 2. The Bertz CT molecular complexity index is 2250. The first kappa shape index (κ1) is 43.2. The molecule has 1 saturated carbocycles. The van der Waals surface area contributed by atoms with Crippen LogP contribution in [0, 0.1) is 5.92 Å². The van der Waals surface area contributed by atoms with Crippen molar-refractivity contribution >= 4 is 30.5 Å². The third-order valence-corrected chi connectivity index (χ3v) is 13.2. The van der Waals surface area contributed by atoms with E-state index in [1.807, 2.05) is 91.9 Å². The van der Waals surface area contributed by atoms with Gasteiger partial charge in [-0.15, -0.1) is 0 Å². The molecule has 12 nitrogen and oxygen atoms in total. The Kier molecular flexibility index (Phi) is 12.7. The number of hydrogen-bond donors (Lipinski definition) is 2. The smallest absolute Gasteiger partial charge is 0.323 e. The first-order valence-corrected chi connectivity index (χ1v) is 22.6. The molecular formula is C45H54F2N5O7P. The minimum Gasteiger partial charge on any atom is -0.497 e. The molecule has 320 valence electrons. The molecular weight excluding hydrogens is 791 g/mol. The molecule has 1 aliphatic heterocycles. The van der Waals surface area contributed by atoms with Crippen LogP contribution in [0.4, 0.5) is 14.6 Å². The van der Waals surface area contributed by atoms with Crippen LogP contribution in [0.5, 0.6) is 11.5 Å². The zero-order valence-electron chi connectivity index (χ0n) is 34.9. The Balaban J connectivity index is 1.21. The molecule has 2 fully saturated rings. The van der Waals surface area contributed by atoms with Crippen molar-refractivity contribution in [2.24, 2.45) is 5.92 Å². The lowest BCUT2D eigenvalue weighted by Gasteiger charge is -2.37. The van der Waals surface area contributed by atoms with Crippen molar-refractivity contribution in [3.8, 4) is 11.5 Å². The largest absolute Gasteiger partial charge is 0.497 e. The average Bonchev–Trinajstić information content (AvgIpc) is 3.75. The molecule has 0 amide bonds. The number of ether oxygens (including phenoxy) is 4. The number of carbonyl (C=O) groups excluding carboxylic acids is 1. The van der Waals surface area contributed by atoms with Crippen LogP contribution in [0.25, 0.3) is 11.2 Å². The number of imidazole rings is 1. The van der Waals surface area contributed by atoms with E-state index in [2.05, 4.69) is 15.4 Å². The van der Waals surface area contributed by atoms with Crippen LogP contribution >= 0.6 is 7.52 Å². The molecule has 1 saturated heterocycles. The molecule has 1 aliphatic carbocycles. The van der Waals surface area contributed by atoms with E-state index in [0.717, 1.165) is 48.8 Å². The first-order chi connectivity index (χ1) is 28.7. The molecule has 5 aromatic rings. The summed E-state index contributed by atoms with van der Waals surface area (Å²) in [6, 6.07) is 28.3. The second-order valence-electron chi connectivity index (χ2n) is 15.9. The molecule has 15 heteroatoms. The van der Waals surface area contributed by atoms with Gasteiger partial charge in [0.2, 0.25) is 5.85 Å². The summed E-state index contributed by atoms with van der Waals surface area (Å²) in [4.78, 5) is 22.4.